The Morgan fingerprint density at radius 2 is 2.03 bits per heavy atom. The Morgan fingerprint density at radius 3 is 2.90 bits per heavy atom. The number of ether oxygens (including phenoxy) is 1. The maximum atomic E-state index is 10.5. The molecule has 0 saturated carbocycles. The van der Waals surface area contributed by atoms with Gasteiger partial charge in [0.25, 0.3) is 0 Å². The van der Waals surface area contributed by atoms with Crippen molar-refractivity contribution in [2.24, 2.45) is 4.99 Å². The molecule has 158 valence electrons. The minimum atomic E-state index is -1.07. The highest BCUT2D eigenvalue weighted by atomic mass is 32.2. The second kappa shape index (κ2) is 7.95. The molecule has 1 saturated heterocycles. The largest absolute Gasteiger partial charge is 0.388 e. The van der Waals surface area contributed by atoms with E-state index in [4.69, 9.17) is 4.74 Å². The predicted molar refractivity (Wildman–Crippen MR) is 110 cm³/mol. The molecule has 0 unspecified atom stereocenters. The third kappa shape index (κ3) is 3.55. The number of aliphatic hydroxyl groups is 2. The molecule has 2 aromatic heterocycles. The summed E-state index contributed by atoms with van der Waals surface area (Å²) in [6.07, 6.45) is -0.898. The zero-order chi connectivity index (χ0) is 20.7. The molecule has 0 aliphatic carbocycles. The Labute approximate surface area is 176 Å². The molecule has 30 heavy (non-hydrogen) atoms. The molecular formula is C18H22N8O3S. The van der Waals surface area contributed by atoms with Crippen LogP contribution >= 0.6 is 11.8 Å². The second-order valence-corrected chi connectivity index (χ2v) is 8.35. The monoisotopic (exact) mass is 430 g/mol. The number of rotatable bonds is 5. The number of nitrogens with zero attached hydrogens (tertiary/aromatic N) is 7. The highest BCUT2D eigenvalue weighted by molar-refractivity contribution is 8.14. The Balaban J connectivity index is 1.26. The van der Waals surface area contributed by atoms with Crippen LogP contribution < -0.4 is 5.32 Å². The Morgan fingerprint density at radius 1 is 1.17 bits per heavy atom. The lowest BCUT2D eigenvalue weighted by molar-refractivity contribution is -0.157. The van der Waals surface area contributed by atoms with Crippen LogP contribution in [0.25, 0.3) is 11.0 Å². The molecule has 3 aromatic rings. The lowest BCUT2D eigenvalue weighted by Crippen LogP contribution is -2.55. The van der Waals surface area contributed by atoms with Crippen molar-refractivity contribution in [3.8, 4) is 0 Å². The number of aliphatic hydroxyl groups excluding tert-OH is 2. The van der Waals surface area contributed by atoms with Crippen LogP contribution in [-0.2, 0) is 17.8 Å². The first-order valence-corrected chi connectivity index (χ1v) is 10.7. The van der Waals surface area contributed by atoms with Gasteiger partial charge in [0.1, 0.15) is 41.0 Å². The number of amidine groups is 1. The summed E-state index contributed by atoms with van der Waals surface area (Å²) in [6.45, 7) is 3.40. The Bertz CT molecular complexity index is 1070. The topological polar surface area (TPSA) is 136 Å². The maximum absolute atomic E-state index is 10.5. The van der Waals surface area contributed by atoms with E-state index in [1.807, 2.05) is 31.2 Å². The fourth-order valence-electron chi connectivity index (χ4n) is 3.69. The maximum Gasteiger partial charge on any atom is 0.159 e. The highest BCUT2D eigenvalue weighted by Crippen LogP contribution is 2.36. The van der Waals surface area contributed by atoms with E-state index < -0.39 is 24.4 Å². The number of benzene rings is 1. The molecule has 0 amide bonds. The summed E-state index contributed by atoms with van der Waals surface area (Å²) < 4.78 is 9.40. The molecule has 0 radical (unpaired) electrons. The summed E-state index contributed by atoms with van der Waals surface area (Å²) in [5.41, 5.74) is 2.11. The van der Waals surface area contributed by atoms with Gasteiger partial charge in [-0.1, -0.05) is 34.3 Å². The summed E-state index contributed by atoms with van der Waals surface area (Å²) in [6, 6.07) is 7.23. The minimum absolute atomic E-state index is 0.268. The Kier molecular flexibility index (Phi) is 5.15. The Hall–Kier alpha value is -2.54. The molecule has 2 aliphatic rings. The number of nitrogens with one attached hydrogen (secondary N) is 1. The number of aromatic nitrogens is 6. The SMILES string of the molecule is CCNC1=N[C@@H]2[C@@H](O)[C@H](O)[C@@H](Cn3cc(Cn4nnc5ccccc54)nn3)O[C@@H]2S1. The molecule has 2 aliphatic heterocycles. The molecule has 0 spiro atoms. The molecule has 5 atom stereocenters. The standard InChI is InChI=1S/C18H22N8O3S/c1-2-19-18-20-14-16(28)15(27)13(29-17(14)30-18)9-25-7-10(21-23-25)8-26-12-6-4-3-5-11(12)22-24-26/h3-7,13-17,27-28H,2,8-9H2,1H3,(H,19,20)/t13-,14-,15-,16-,17-/m1/s1. The highest BCUT2D eigenvalue weighted by Gasteiger charge is 2.48. The van der Waals surface area contributed by atoms with Crippen LogP contribution in [0.1, 0.15) is 12.6 Å². The van der Waals surface area contributed by atoms with Gasteiger partial charge < -0.3 is 20.3 Å². The van der Waals surface area contributed by atoms with Gasteiger partial charge >= 0.3 is 0 Å². The average Bonchev–Trinajstić information content (AvgIpc) is 3.46. The summed E-state index contributed by atoms with van der Waals surface area (Å²) in [4.78, 5) is 4.43. The van der Waals surface area contributed by atoms with Crippen molar-refractivity contribution in [1.82, 2.24) is 35.3 Å². The van der Waals surface area contributed by atoms with E-state index in [1.165, 1.54) is 11.8 Å². The van der Waals surface area contributed by atoms with E-state index in [2.05, 4.69) is 30.9 Å². The van der Waals surface area contributed by atoms with Gasteiger partial charge in [-0.15, -0.1) is 10.2 Å². The third-order valence-corrected chi connectivity index (χ3v) is 6.27. The number of thioether (sulfide) groups is 1. The van der Waals surface area contributed by atoms with Crippen molar-refractivity contribution in [1.29, 1.82) is 0 Å². The van der Waals surface area contributed by atoms with Crippen LogP contribution in [0, 0.1) is 0 Å². The smallest absolute Gasteiger partial charge is 0.159 e. The van der Waals surface area contributed by atoms with Crippen LogP contribution in [0.2, 0.25) is 0 Å². The van der Waals surface area contributed by atoms with Crippen LogP contribution in [0.5, 0.6) is 0 Å². The molecule has 3 N–H and O–H groups in total. The molecule has 5 rings (SSSR count). The van der Waals surface area contributed by atoms with E-state index in [0.717, 1.165) is 22.7 Å². The molecule has 4 heterocycles. The van der Waals surface area contributed by atoms with Gasteiger partial charge in [0, 0.05) is 6.54 Å². The van der Waals surface area contributed by atoms with Crippen molar-refractivity contribution in [3.63, 3.8) is 0 Å². The summed E-state index contributed by atoms with van der Waals surface area (Å²) >= 11 is 1.43. The van der Waals surface area contributed by atoms with E-state index in [-0.39, 0.29) is 12.0 Å². The van der Waals surface area contributed by atoms with Crippen LogP contribution in [0.15, 0.2) is 35.5 Å². The van der Waals surface area contributed by atoms with E-state index in [0.29, 0.717) is 12.2 Å². The molecular weight excluding hydrogens is 408 g/mol. The van der Waals surface area contributed by atoms with Gasteiger partial charge in [-0.2, -0.15) is 0 Å². The van der Waals surface area contributed by atoms with Gasteiger partial charge in [-0.05, 0) is 19.1 Å². The lowest BCUT2D eigenvalue weighted by Gasteiger charge is -2.38. The van der Waals surface area contributed by atoms with Crippen molar-refractivity contribution in [2.75, 3.05) is 6.54 Å². The summed E-state index contributed by atoms with van der Waals surface area (Å²) in [7, 11) is 0. The van der Waals surface area contributed by atoms with E-state index >= 15 is 0 Å². The zero-order valence-electron chi connectivity index (χ0n) is 16.2. The van der Waals surface area contributed by atoms with Crippen molar-refractivity contribution < 1.29 is 14.9 Å². The number of hydrogen-bond acceptors (Lipinski definition) is 10. The van der Waals surface area contributed by atoms with E-state index in [9.17, 15) is 10.2 Å². The van der Waals surface area contributed by atoms with E-state index in [1.54, 1.807) is 15.6 Å². The fraction of sp³-hybridized carbons (Fsp3) is 0.500. The van der Waals surface area contributed by atoms with Gasteiger partial charge in [0.2, 0.25) is 0 Å². The van der Waals surface area contributed by atoms with Gasteiger partial charge in [-0.3, -0.25) is 4.99 Å². The number of para-hydroxylation sites is 1. The number of hydrogen-bond donors (Lipinski definition) is 3. The van der Waals surface area contributed by atoms with Gasteiger partial charge in [0.15, 0.2) is 5.17 Å². The first kappa shape index (κ1) is 19.4. The normalized spacial score (nSPS) is 28.5. The van der Waals surface area contributed by atoms with Gasteiger partial charge in [0.05, 0.1) is 24.8 Å². The van der Waals surface area contributed by atoms with Crippen LogP contribution in [0.3, 0.4) is 0 Å². The zero-order valence-corrected chi connectivity index (χ0v) is 17.1. The van der Waals surface area contributed by atoms with Crippen molar-refractivity contribution in [2.45, 2.75) is 49.8 Å². The van der Waals surface area contributed by atoms with Gasteiger partial charge in [-0.25, -0.2) is 9.36 Å². The van der Waals surface area contributed by atoms with Crippen LogP contribution in [0.4, 0.5) is 0 Å². The van der Waals surface area contributed by atoms with Crippen molar-refractivity contribution >= 4 is 28.0 Å². The molecule has 1 fully saturated rings. The quantitative estimate of drug-likeness (QED) is 0.494. The molecule has 1 aromatic carbocycles. The molecule has 0 bridgehead atoms. The predicted octanol–water partition coefficient (Wildman–Crippen LogP) is -0.401. The molecule has 11 nitrogen and oxygen atoms in total. The number of fused-ring (bicyclic) bond motifs is 2. The fourth-order valence-corrected chi connectivity index (χ4v) is 4.88. The first-order chi connectivity index (χ1) is 14.6. The third-order valence-electron chi connectivity index (χ3n) is 5.18. The average molecular weight is 430 g/mol. The molecule has 12 heteroatoms. The minimum Gasteiger partial charge on any atom is -0.388 e. The summed E-state index contributed by atoms with van der Waals surface area (Å²) in [5, 5.41) is 41.6. The number of aliphatic imine (C=N–C) groups is 1. The first-order valence-electron chi connectivity index (χ1n) is 9.79. The van der Waals surface area contributed by atoms with Crippen LogP contribution in [-0.4, -0.2) is 81.7 Å². The lowest BCUT2D eigenvalue weighted by atomic mass is 9.98. The summed E-state index contributed by atoms with van der Waals surface area (Å²) in [5.74, 6) is 0. The van der Waals surface area contributed by atoms with Crippen molar-refractivity contribution in [3.05, 3.63) is 36.2 Å². The second-order valence-electron chi connectivity index (χ2n) is 7.26.